The highest BCUT2D eigenvalue weighted by molar-refractivity contribution is 6.31. The molecule has 7 heteroatoms. The van der Waals surface area contributed by atoms with Gasteiger partial charge in [0, 0.05) is 41.5 Å². The minimum Gasteiger partial charge on any atom is -0.352 e. The van der Waals surface area contributed by atoms with Crippen LogP contribution in [0.3, 0.4) is 0 Å². The number of halogens is 1. The molecule has 0 fully saturated rings. The molecule has 1 aliphatic rings. The Bertz CT molecular complexity index is 1280. The third-order valence-corrected chi connectivity index (χ3v) is 6.91. The lowest BCUT2D eigenvalue weighted by Crippen LogP contribution is -2.50. The van der Waals surface area contributed by atoms with E-state index in [1.165, 1.54) is 0 Å². The van der Waals surface area contributed by atoms with E-state index < -0.39 is 6.04 Å². The molecule has 1 unspecified atom stereocenters. The standard InChI is InChI=1S/C29H32ClN3O3/c1-4-24(28(35)31-19(2)3)33(18-21-10-5-6-14-23(21)30)26(34)16-9-17-32-25-15-8-12-20-11-7-13-22(27(20)25)29(32)36/h5-8,10-15,19,24H,4,9,16-18H2,1-3H3,(H,31,35). The number of nitrogens with one attached hydrogen (secondary N) is 1. The fraction of sp³-hybridized carbons (Fsp3) is 0.345. The second-order valence-electron chi connectivity index (χ2n) is 9.44. The summed E-state index contributed by atoms with van der Waals surface area (Å²) in [6.45, 7) is 6.37. The van der Waals surface area contributed by atoms with Crippen molar-refractivity contribution in [1.29, 1.82) is 0 Å². The van der Waals surface area contributed by atoms with Crippen molar-refractivity contribution in [3.05, 3.63) is 76.8 Å². The van der Waals surface area contributed by atoms with Crippen LogP contribution >= 0.6 is 11.6 Å². The van der Waals surface area contributed by atoms with Gasteiger partial charge in [-0.1, -0.05) is 61.0 Å². The fourth-order valence-corrected chi connectivity index (χ4v) is 5.04. The average molecular weight is 506 g/mol. The molecule has 0 aromatic heterocycles. The van der Waals surface area contributed by atoms with Gasteiger partial charge in [0.1, 0.15) is 6.04 Å². The first kappa shape index (κ1) is 25.7. The first-order valence-corrected chi connectivity index (χ1v) is 12.9. The van der Waals surface area contributed by atoms with Crippen molar-refractivity contribution in [2.45, 2.75) is 58.7 Å². The van der Waals surface area contributed by atoms with Gasteiger partial charge in [-0.2, -0.15) is 0 Å². The lowest BCUT2D eigenvalue weighted by Gasteiger charge is -2.31. The number of amides is 3. The van der Waals surface area contributed by atoms with Crippen molar-refractivity contribution in [1.82, 2.24) is 10.2 Å². The summed E-state index contributed by atoms with van der Waals surface area (Å²) in [6.07, 6.45) is 1.18. The third-order valence-electron chi connectivity index (χ3n) is 6.54. The van der Waals surface area contributed by atoms with E-state index in [9.17, 15) is 14.4 Å². The van der Waals surface area contributed by atoms with Crippen LogP contribution in [0.1, 0.15) is 56.0 Å². The van der Waals surface area contributed by atoms with Gasteiger partial charge in [-0.25, -0.2) is 0 Å². The van der Waals surface area contributed by atoms with Gasteiger partial charge in [-0.3, -0.25) is 14.4 Å². The van der Waals surface area contributed by atoms with Gasteiger partial charge >= 0.3 is 0 Å². The monoisotopic (exact) mass is 505 g/mol. The van der Waals surface area contributed by atoms with Crippen molar-refractivity contribution < 1.29 is 14.4 Å². The molecular weight excluding hydrogens is 474 g/mol. The van der Waals surface area contributed by atoms with Crippen LogP contribution in [-0.2, 0) is 16.1 Å². The van der Waals surface area contributed by atoms with E-state index >= 15 is 0 Å². The van der Waals surface area contributed by atoms with Crippen molar-refractivity contribution in [3.63, 3.8) is 0 Å². The molecule has 1 N–H and O–H groups in total. The Labute approximate surface area is 217 Å². The molecule has 3 aromatic carbocycles. The smallest absolute Gasteiger partial charge is 0.258 e. The molecule has 0 bridgehead atoms. The van der Waals surface area contributed by atoms with Gasteiger partial charge in [0.25, 0.3) is 5.91 Å². The van der Waals surface area contributed by atoms with E-state index in [-0.39, 0.29) is 36.7 Å². The predicted molar refractivity (Wildman–Crippen MR) is 144 cm³/mol. The number of nitrogens with zero attached hydrogens (tertiary/aromatic N) is 2. The molecule has 0 saturated heterocycles. The van der Waals surface area contributed by atoms with Gasteiger partial charge in [0.2, 0.25) is 11.8 Å². The highest BCUT2D eigenvalue weighted by Crippen LogP contribution is 2.37. The largest absolute Gasteiger partial charge is 0.352 e. The topological polar surface area (TPSA) is 69.7 Å². The molecule has 1 aliphatic heterocycles. The summed E-state index contributed by atoms with van der Waals surface area (Å²) in [5.41, 5.74) is 2.38. The molecule has 0 saturated carbocycles. The molecule has 0 aliphatic carbocycles. The molecule has 3 aromatic rings. The van der Waals surface area contributed by atoms with Crippen LogP contribution < -0.4 is 10.2 Å². The van der Waals surface area contributed by atoms with Crippen molar-refractivity contribution >= 4 is 45.8 Å². The highest BCUT2D eigenvalue weighted by atomic mass is 35.5. The van der Waals surface area contributed by atoms with E-state index in [0.717, 1.165) is 22.0 Å². The van der Waals surface area contributed by atoms with Crippen molar-refractivity contribution in [3.8, 4) is 0 Å². The van der Waals surface area contributed by atoms with Crippen LogP contribution in [-0.4, -0.2) is 41.2 Å². The number of benzene rings is 3. The van der Waals surface area contributed by atoms with E-state index in [0.29, 0.717) is 30.0 Å². The maximum atomic E-state index is 13.5. The number of hydrogen-bond donors (Lipinski definition) is 1. The number of hydrogen-bond acceptors (Lipinski definition) is 3. The summed E-state index contributed by atoms with van der Waals surface area (Å²) in [6, 6.07) is 18.4. The molecule has 0 radical (unpaired) electrons. The molecule has 36 heavy (non-hydrogen) atoms. The van der Waals surface area contributed by atoms with E-state index in [1.807, 2.05) is 75.4 Å². The quantitative estimate of drug-likeness (QED) is 0.392. The molecule has 1 atom stereocenters. The molecule has 188 valence electrons. The van der Waals surface area contributed by atoms with E-state index in [2.05, 4.69) is 5.32 Å². The molecule has 3 amide bonds. The van der Waals surface area contributed by atoms with Crippen molar-refractivity contribution in [2.24, 2.45) is 0 Å². The zero-order valence-electron chi connectivity index (χ0n) is 21.0. The summed E-state index contributed by atoms with van der Waals surface area (Å²) in [5, 5.41) is 5.50. The number of carbonyl (C=O) groups is 3. The van der Waals surface area contributed by atoms with Gasteiger partial charge in [-0.15, -0.1) is 0 Å². The summed E-state index contributed by atoms with van der Waals surface area (Å²) in [5.74, 6) is -0.349. The highest BCUT2D eigenvalue weighted by Gasteiger charge is 2.31. The van der Waals surface area contributed by atoms with E-state index in [1.54, 1.807) is 15.9 Å². The van der Waals surface area contributed by atoms with Crippen LogP contribution in [0.15, 0.2) is 60.7 Å². The molecule has 0 spiro atoms. The SMILES string of the molecule is CCC(C(=O)NC(C)C)N(Cc1ccccc1Cl)C(=O)CCCN1C(=O)c2cccc3cccc1c23. The van der Waals surface area contributed by atoms with Gasteiger partial charge in [0.15, 0.2) is 0 Å². The zero-order chi connectivity index (χ0) is 25.8. The summed E-state index contributed by atoms with van der Waals surface area (Å²) >= 11 is 6.39. The normalized spacial score (nSPS) is 13.4. The lowest BCUT2D eigenvalue weighted by atomic mass is 10.1. The van der Waals surface area contributed by atoms with Gasteiger partial charge in [-0.05, 0) is 55.8 Å². The summed E-state index contributed by atoms with van der Waals surface area (Å²) in [4.78, 5) is 42.9. The van der Waals surface area contributed by atoms with Crippen LogP contribution in [0.25, 0.3) is 10.8 Å². The molecule has 4 rings (SSSR count). The first-order valence-electron chi connectivity index (χ1n) is 12.5. The maximum Gasteiger partial charge on any atom is 0.258 e. The first-order chi connectivity index (χ1) is 17.3. The Morgan fingerprint density at radius 2 is 1.75 bits per heavy atom. The fourth-order valence-electron chi connectivity index (χ4n) is 4.84. The Hall–Kier alpha value is -3.38. The van der Waals surface area contributed by atoms with Crippen LogP contribution in [0.2, 0.25) is 5.02 Å². The molecular formula is C29H32ClN3O3. The number of anilines is 1. The minimum absolute atomic E-state index is 0.0330. The second kappa shape index (κ2) is 11.1. The number of carbonyl (C=O) groups excluding carboxylic acids is 3. The molecule has 1 heterocycles. The second-order valence-corrected chi connectivity index (χ2v) is 9.85. The van der Waals surface area contributed by atoms with Gasteiger partial charge < -0.3 is 15.1 Å². The Morgan fingerprint density at radius 1 is 1.03 bits per heavy atom. The summed E-state index contributed by atoms with van der Waals surface area (Å²) in [7, 11) is 0. The Morgan fingerprint density at radius 3 is 2.44 bits per heavy atom. The lowest BCUT2D eigenvalue weighted by molar-refractivity contribution is -0.141. The maximum absolute atomic E-state index is 13.5. The van der Waals surface area contributed by atoms with Gasteiger partial charge in [0.05, 0.1) is 5.69 Å². The minimum atomic E-state index is -0.609. The zero-order valence-corrected chi connectivity index (χ0v) is 21.7. The van der Waals surface area contributed by atoms with Crippen molar-refractivity contribution in [2.75, 3.05) is 11.4 Å². The number of rotatable bonds is 10. The Kier molecular flexibility index (Phi) is 7.94. The third kappa shape index (κ3) is 5.24. The average Bonchev–Trinajstić information content (AvgIpc) is 3.12. The van der Waals surface area contributed by atoms with Crippen LogP contribution in [0.5, 0.6) is 0 Å². The van der Waals surface area contributed by atoms with E-state index in [4.69, 9.17) is 11.6 Å². The molecule has 6 nitrogen and oxygen atoms in total. The predicted octanol–water partition coefficient (Wildman–Crippen LogP) is 5.57. The van der Waals surface area contributed by atoms with Crippen LogP contribution in [0.4, 0.5) is 5.69 Å². The van der Waals surface area contributed by atoms with Crippen LogP contribution in [0, 0.1) is 0 Å². The summed E-state index contributed by atoms with van der Waals surface area (Å²) < 4.78 is 0. The Balaban J connectivity index is 1.50.